The Morgan fingerprint density at radius 1 is 1.42 bits per heavy atom. The molecule has 0 aromatic heterocycles. The van der Waals surface area contributed by atoms with Crippen molar-refractivity contribution < 1.29 is 4.74 Å². The highest BCUT2D eigenvalue weighted by Crippen LogP contribution is 2.38. The van der Waals surface area contributed by atoms with Crippen molar-refractivity contribution in [1.82, 2.24) is 0 Å². The van der Waals surface area contributed by atoms with Gasteiger partial charge in [0.1, 0.15) is 0 Å². The van der Waals surface area contributed by atoms with E-state index in [9.17, 15) is 0 Å². The molecular formula is C9H19ClOSi. The Kier molecular flexibility index (Phi) is 3.24. The zero-order chi connectivity index (χ0) is 9.24. The Hall–Kier alpha value is 0.467. The molecule has 1 heterocycles. The molecule has 1 aliphatic rings. The summed E-state index contributed by atoms with van der Waals surface area (Å²) in [6, 6.07) is 1.31. The van der Waals surface area contributed by atoms with Gasteiger partial charge in [-0.1, -0.05) is 19.6 Å². The molecule has 0 aromatic rings. The third-order valence-corrected chi connectivity index (χ3v) is 4.75. The average molecular weight is 207 g/mol. The van der Waals surface area contributed by atoms with Crippen LogP contribution in [0.15, 0.2) is 0 Å². The molecule has 0 N–H and O–H groups in total. The molecule has 1 rings (SSSR count). The van der Waals surface area contributed by atoms with Crippen LogP contribution in [-0.2, 0) is 4.74 Å². The molecule has 12 heavy (non-hydrogen) atoms. The fraction of sp³-hybridized carbons (Fsp3) is 1.00. The first-order valence-corrected chi connectivity index (χ1v) is 8.85. The first-order chi connectivity index (χ1) is 5.47. The fourth-order valence-corrected chi connectivity index (χ4v) is 5.18. The van der Waals surface area contributed by atoms with E-state index in [4.69, 9.17) is 16.3 Å². The molecule has 0 amide bonds. The second-order valence-corrected chi connectivity index (χ2v) is 10.9. The van der Waals surface area contributed by atoms with Gasteiger partial charge < -0.3 is 4.74 Å². The van der Waals surface area contributed by atoms with Crippen molar-refractivity contribution in [3.63, 3.8) is 0 Å². The van der Waals surface area contributed by atoms with Gasteiger partial charge in [0, 0.05) is 26.0 Å². The van der Waals surface area contributed by atoms with Crippen LogP contribution in [0.3, 0.4) is 0 Å². The maximum absolute atomic E-state index is 6.01. The van der Waals surface area contributed by atoms with Crippen molar-refractivity contribution in [2.75, 3.05) is 19.1 Å². The summed E-state index contributed by atoms with van der Waals surface area (Å²) >= 11 is 6.01. The summed E-state index contributed by atoms with van der Waals surface area (Å²) in [6.07, 6.45) is 1.17. The third-order valence-electron chi connectivity index (χ3n) is 2.37. The first kappa shape index (κ1) is 10.5. The van der Waals surface area contributed by atoms with Crippen molar-refractivity contribution in [2.24, 2.45) is 5.41 Å². The SMILES string of the molecule is C[Si](C)(C)CC1(CCl)CCOC1. The summed E-state index contributed by atoms with van der Waals surface area (Å²) in [5.74, 6) is 0.775. The Morgan fingerprint density at radius 3 is 2.42 bits per heavy atom. The maximum Gasteiger partial charge on any atom is 0.0532 e. The van der Waals surface area contributed by atoms with E-state index in [0.717, 1.165) is 19.1 Å². The van der Waals surface area contributed by atoms with Crippen LogP contribution >= 0.6 is 11.6 Å². The lowest BCUT2D eigenvalue weighted by molar-refractivity contribution is 0.167. The lowest BCUT2D eigenvalue weighted by atomic mass is 9.92. The van der Waals surface area contributed by atoms with Crippen LogP contribution in [0.5, 0.6) is 0 Å². The lowest BCUT2D eigenvalue weighted by Crippen LogP contribution is -2.34. The largest absolute Gasteiger partial charge is 0.381 e. The lowest BCUT2D eigenvalue weighted by Gasteiger charge is -2.31. The van der Waals surface area contributed by atoms with Crippen molar-refractivity contribution in [1.29, 1.82) is 0 Å². The van der Waals surface area contributed by atoms with Crippen LogP contribution in [0.2, 0.25) is 25.7 Å². The third kappa shape index (κ3) is 2.75. The number of hydrogen-bond donors (Lipinski definition) is 0. The van der Waals surface area contributed by atoms with E-state index in [0.29, 0.717) is 5.41 Å². The van der Waals surface area contributed by atoms with Crippen molar-refractivity contribution >= 4 is 19.7 Å². The van der Waals surface area contributed by atoms with Crippen molar-refractivity contribution in [3.8, 4) is 0 Å². The molecular weight excluding hydrogens is 188 g/mol. The Bertz CT molecular complexity index is 147. The van der Waals surface area contributed by atoms with Crippen LogP contribution < -0.4 is 0 Å². The summed E-state index contributed by atoms with van der Waals surface area (Å²) in [6.45, 7) is 9.01. The zero-order valence-corrected chi connectivity index (χ0v) is 10.1. The normalized spacial score (nSPS) is 31.0. The maximum atomic E-state index is 6.01. The number of alkyl halides is 1. The Labute approximate surface area is 81.5 Å². The summed E-state index contributed by atoms with van der Waals surface area (Å²) in [4.78, 5) is 0. The van der Waals surface area contributed by atoms with Crippen molar-refractivity contribution in [3.05, 3.63) is 0 Å². The minimum absolute atomic E-state index is 0.325. The van der Waals surface area contributed by atoms with Gasteiger partial charge in [0.05, 0.1) is 6.61 Å². The van der Waals surface area contributed by atoms with E-state index in [1.165, 1.54) is 12.5 Å². The summed E-state index contributed by atoms with van der Waals surface area (Å²) < 4.78 is 5.44. The highest BCUT2D eigenvalue weighted by atomic mass is 35.5. The molecule has 0 aromatic carbocycles. The minimum atomic E-state index is -0.980. The molecule has 0 aliphatic carbocycles. The van der Waals surface area contributed by atoms with Gasteiger partial charge >= 0.3 is 0 Å². The van der Waals surface area contributed by atoms with Crippen LogP contribution in [-0.4, -0.2) is 27.2 Å². The molecule has 3 heteroatoms. The topological polar surface area (TPSA) is 9.23 Å². The molecule has 72 valence electrons. The van der Waals surface area contributed by atoms with Crippen LogP contribution in [0, 0.1) is 5.41 Å². The standard InChI is InChI=1S/C9H19ClOSi/c1-12(2,3)8-9(6-10)4-5-11-7-9/h4-8H2,1-3H3. The summed E-state index contributed by atoms with van der Waals surface area (Å²) in [5, 5.41) is 0. The zero-order valence-electron chi connectivity index (χ0n) is 8.32. The van der Waals surface area contributed by atoms with Crippen LogP contribution in [0.25, 0.3) is 0 Å². The highest BCUT2D eigenvalue weighted by Gasteiger charge is 2.37. The van der Waals surface area contributed by atoms with Gasteiger partial charge in [0.15, 0.2) is 0 Å². The molecule has 0 saturated carbocycles. The molecule has 0 radical (unpaired) electrons. The number of halogens is 1. The van der Waals surface area contributed by atoms with E-state index in [1.807, 2.05) is 0 Å². The minimum Gasteiger partial charge on any atom is -0.381 e. The van der Waals surface area contributed by atoms with E-state index in [2.05, 4.69) is 19.6 Å². The van der Waals surface area contributed by atoms with Gasteiger partial charge in [0.2, 0.25) is 0 Å². The monoisotopic (exact) mass is 206 g/mol. The van der Waals surface area contributed by atoms with Crippen molar-refractivity contribution in [2.45, 2.75) is 32.1 Å². The number of rotatable bonds is 3. The predicted molar refractivity (Wildman–Crippen MR) is 56.7 cm³/mol. The van der Waals surface area contributed by atoms with E-state index in [-0.39, 0.29) is 0 Å². The Morgan fingerprint density at radius 2 is 2.08 bits per heavy atom. The van der Waals surface area contributed by atoms with E-state index < -0.39 is 8.07 Å². The summed E-state index contributed by atoms with van der Waals surface area (Å²) in [5.41, 5.74) is 0.325. The van der Waals surface area contributed by atoms with Gasteiger partial charge in [0.25, 0.3) is 0 Å². The van der Waals surface area contributed by atoms with Gasteiger partial charge in [-0.25, -0.2) is 0 Å². The number of ether oxygens (including phenoxy) is 1. The predicted octanol–water partition coefficient (Wildman–Crippen LogP) is 2.97. The second kappa shape index (κ2) is 3.68. The molecule has 1 saturated heterocycles. The van der Waals surface area contributed by atoms with E-state index in [1.54, 1.807) is 0 Å². The van der Waals surface area contributed by atoms with Gasteiger partial charge in [-0.05, 0) is 12.5 Å². The number of hydrogen-bond acceptors (Lipinski definition) is 1. The van der Waals surface area contributed by atoms with Gasteiger partial charge in [-0.3, -0.25) is 0 Å². The second-order valence-electron chi connectivity index (χ2n) is 5.17. The average Bonchev–Trinajstić information content (AvgIpc) is 2.34. The van der Waals surface area contributed by atoms with Gasteiger partial charge in [-0.2, -0.15) is 0 Å². The fourth-order valence-electron chi connectivity index (χ4n) is 2.07. The molecule has 1 nitrogen and oxygen atoms in total. The Balaban J connectivity index is 2.55. The summed E-state index contributed by atoms with van der Waals surface area (Å²) in [7, 11) is -0.980. The van der Waals surface area contributed by atoms with Gasteiger partial charge in [-0.15, -0.1) is 11.6 Å². The van der Waals surface area contributed by atoms with E-state index >= 15 is 0 Å². The molecule has 0 spiro atoms. The van der Waals surface area contributed by atoms with Crippen LogP contribution in [0.4, 0.5) is 0 Å². The smallest absolute Gasteiger partial charge is 0.0532 e. The molecule has 1 fully saturated rings. The van der Waals surface area contributed by atoms with Crippen LogP contribution in [0.1, 0.15) is 6.42 Å². The highest BCUT2D eigenvalue weighted by molar-refractivity contribution is 6.76. The molecule has 1 atom stereocenters. The molecule has 1 unspecified atom stereocenters. The molecule has 1 aliphatic heterocycles. The first-order valence-electron chi connectivity index (χ1n) is 4.61. The molecule has 0 bridgehead atoms. The quantitative estimate of drug-likeness (QED) is 0.510.